The Bertz CT molecular complexity index is 1000. The van der Waals surface area contributed by atoms with E-state index in [-0.39, 0.29) is 16.9 Å². The third kappa shape index (κ3) is 3.76. The molecule has 0 saturated carbocycles. The minimum atomic E-state index is -0.672. The highest BCUT2D eigenvalue weighted by atomic mass is 19.1. The van der Waals surface area contributed by atoms with Gasteiger partial charge < -0.3 is 15.6 Å². The number of halogens is 1. The highest BCUT2D eigenvalue weighted by Crippen LogP contribution is 2.25. The molecule has 0 aliphatic carbocycles. The Hall–Kier alpha value is -3.75. The maximum absolute atomic E-state index is 13.3. The van der Waals surface area contributed by atoms with E-state index < -0.39 is 22.7 Å². The van der Waals surface area contributed by atoms with Crippen molar-refractivity contribution in [1.29, 1.82) is 0 Å². The van der Waals surface area contributed by atoms with Crippen molar-refractivity contribution in [2.24, 2.45) is 7.05 Å². The van der Waals surface area contributed by atoms with Gasteiger partial charge in [-0.1, -0.05) is 12.1 Å². The lowest BCUT2D eigenvalue weighted by Gasteiger charge is -2.19. The van der Waals surface area contributed by atoms with Crippen LogP contribution in [0.1, 0.15) is 27.8 Å². The lowest BCUT2D eigenvalue weighted by Crippen LogP contribution is -2.31. The number of nitrogen functional groups attached to an aromatic ring is 1. The first kappa shape index (κ1) is 18.1. The summed E-state index contributed by atoms with van der Waals surface area (Å²) in [5.41, 5.74) is 5.89. The van der Waals surface area contributed by atoms with E-state index in [2.05, 4.69) is 10.3 Å². The Morgan fingerprint density at radius 1 is 1.30 bits per heavy atom. The number of imidazole rings is 1. The Labute approximate surface area is 153 Å². The second-order valence-corrected chi connectivity index (χ2v) is 5.89. The minimum Gasteiger partial charge on any atom is -0.393 e. The van der Waals surface area contributed by atoms with Gasteiger partial charge in [0, 0.05) is 31.1 Å². The largest absolute Gasteiger partial charge is 0.393 e. The number of carbonyl (C=O) groups excluding carboxylic acids is 1. The van der Waals surface area contributed by atoms with Crippen molar-refractivity contribution in [2.75, 3.05) is 5.73 Å². The number of nitrogens with two attached hydrogens (primary N) is 1. The summed E-state index contributed by atoms with van der Waals surface area (Å²) in [6, 6.07) is 8.80. The van der Waals surface area contributed by atoms with Crippen molar-refractivity contribution >= 4 is 17.3 Å². The van der Waals surface area contributed by atoms with Crippen molar-refractivity contribution in [3.05, 3.63) is 87.7 Å². The van der Waals surface area contributed by atoms with E-state index in [1.54, 1.807) is 36.1 Å². The highest BCUT2D eigenvalue weighted by molar-refractivity contribution is 5.96. The molecule has 0 unspecified atom stereocenters. The number of aryl methyl sites for hydroxylation is 1. The maximum Gasteiger partial charge on any atom is 0.292 e. The number of nitro groups is 1. The number of benzene rings is 2. The number of anilines is 1. The summed E-state index contributed by atoms with van der Waals surface area (Å²) >= 11 is 0. The lowest BCUT2D eigenvalue weighted by molar-refractivity contribution is -0.383. The molecule has 0 spiro atoms. The first-order valence-corrected chi connectivity index (χ1v) is 7.94. The van der Waals surface area contributed by atoms with E-state index in [4.69, 9.17) is 5.73 Å². The number of nitrogens with one attached hydrogen (secondary N) is 1. The molecule has 3 aromatic rings. The van der Waals surface area contributed by atoms with Crippen molar-refractivity contribution in [3.8, 4) is 0 Å². The van der Waals surface area contributed by atoms with Gasteiger partial charge in [-0.05, 0) is 29.8 Å². The summed E-state index contributed by atoms with van der Waals surface area (Å²) in [7, 11) is 1.76. The van der Waals surface area contributed by atoms with E-state index in [1.165, 1.54) is 24.3 Å². The van der Waals surface area contributed by atoms with Crippen molar-refractivity contribution in [3.63, 3.8) is 0 Å². The van der Waals surface area contributed by atoms with E-state index in [0.717, 1.165) is 6.07 Å². The number of rotatable bonds is 5. The Kier molecular flexibility index (Phi) is 4.84. The standard InChI is InChI=1S/C18H16FN5O3/c1-23-9-8-21-17(23)16(11-2-5-13(19)6-3-11)22-18(25)12-4-7-14(20)15(10-12)24(26)27/h2-10,16H,20H2,1H3,(H,22,25)/t16-/m1/s1. The summed E-state index contributed by atoms with van der Waals surface area (Å²) in [6.45, 7) is 0. The molecule has 1 aromatic heterocycles. The normalized spacial score (nSPS) is 11.8. The fourth-order valence-electron chi connectivity index (χ4n) is 2.66. The van der Waals surface area contributed by atoms with E-state index in [1.807, 2.05) is 0 Å². The molecule has 1 atom stereocenters. The summed E-state index contributed by atoms with van der Waals surface area (Å²) in [5, 5.41) is 13.8. The number of hydrogen-bond acceptors (Lipinski definition) is 5. The number of nitro benzene ring substituents is 1. The summed E-state index contributed by atoms with van der Waals surface area (Å²) < 4.78 is 15.0. The average Bonchev–Trinajstić information content (AvgIpc) is 3.06. The van der Waals surface area contributed by atoms with Crippen LogP contribution < -0.4 is 11.1 Å². The molecule has 3 N–H and O–H groups in total. The zero-order valence-electron chi connectivity index (χ0n) is 14.3. The summed E-state index contributed by atoms with van der Waals surface area (Å²) in [5.74, 6) is -0.423. The minimum absolute atomic E-state index is 0.0317. The molecule has 2 aromatic carbocycles. The number of hydrogen-bond donors (Lipinski definition) is 2. The Morgan fingerprint density at radius 3 is 2.59 bits per heavy atom. The third-order valence-corrected chi connectivity index (χ3v) is 4.08. The molecule has 0 bridgehead atoms. The predicted octanol–water partition coefficient (Wildman–Crippen LogP) is 2.57. The molecule has 3 rings (SSSR count). The van der Waals surface area contributed by atoms with Gasteiger partial charge in [-0.25, -0.2) is 9.37 Å². The molecule has 0 fully saturated rings. The van der Waals surface area contributed by atoms with Gasteiger partial charge in [0.1, 0.15) is 23.4 Å². The molecular weight excluding hydrogens is 353 g/mol. The summed E-state index contributed by atoms with van der Waals surface area (Å²) in [6.07, 6.45) is 3.29. The van der Waals surface area contributed by atoms with Crippen LogP contribution in [0.3, 0.4) is 0 Å². The molecule has 1 amide bonds. The quantitative estimate of drug-likeness (QED) is 0.407. The second kappa shape index (κ2) is 7.24. The molecule has 0 radical (unpaired) electrons. The van der Waals surface area contributed by atoms with E-state index in [0.29, 0.717) is 11.4 Å². The number of carbonyl (C=O) groups is 1. The zero-order valence-corrected chi connectivity index (χ0v) is 14.3. The van der Waals surface area contributed by atoms with Crippen LogP contribution in [0.4, 0.5) is 15.8 Å². The highest BCUT2D eigenvalue weighted by Gasteiger charge is 2.23. The predicted molar refractivity (Wildman–Crippen MR) is 96.4 cm³/mol. The molecule has 138 valence electrons. The van der Waals surface area contributed by atoms with Crippen molar-refractivity contribution in [1.82, 2.24) is 14.9 Å². The van der Waals surface area contributed by atoms with Crippen molar-refractivity contribution in [2.45, 2.75) is 6.04 Å². The maximum atomic E-state index is 13.3. The first-order valence-electron chi connectivity index (χ1n) is 7.94. The van der Waals surface area contributed by atoms with Crippen LogP contribution in [0.5, 0.6) is 0 Å². The SMILES string of the molecule is Cn1ccnc1[C@H](NC(=O)c1ccc(N)c([N+](=O)[O-])c1)c1ccc(F)cc1. The second-order valence-electron chi connectivity index (χ2n) is 5.89. The van der Waals surface area contributed by atoms with Gasteiger partial charge in [0.05, 0.1) is 4.92 Å². The fourth-order valence-corrected chi connectivity index (χ4v) is 2.66. The molecule has 9 heteroatoms. The molecule has 0 aliphatic rings. The van der Waals surface area contributed by atoms with Gasteiger partial charge in [-0.2, -0.15) is 0 Å². The average molecular weight is 369 g/mol. The molecule has 0 aliphatic heterocycles. The molecular formula is C18H16FN5O3. The van der Waals surface area contributed by atoms with E-state index in [9.17, 15) is 19.3 Å². The number of amides is 1. The first-order chi connectivity index (χ1) is 12.9. The van der Waals surface area contributed by atoms with Gasteiger partial charge in [-0.15, -0.1) is 0 Å². The van der Waals surface area contributed by atoms with Gasteiger partial charge >= 0.3 is 0 Å². The Morgan fingerprint density at radius 2 is 2.00 bits per heavy atom. The topological polar surface area (TPSA) is 116 Å². The van der Waals surface area contributed by atoms with Crippen LogP contribution in [0.25, 0.3) is 0 Å². The smallest absolute Gasteiger partial charge is 0.292 e. The molecule has 0 saturated heterocycles. The van der Waals surface area contributed by atoms with Gasteiger partial charge in [0.25, 0.3) is 11.6 Å². The van der Waals surface area contributed by atoms with Gasteiger partial charge in [0.15, 0.2) is 0 Å². The van der Waals surface area contributed by atoms with Crippen LogP contribution in [-0.4, -0.2) is 20.4 Å². The third-order valence-electron chi connectivity index (χ3n) is 4.08. The van der Waals surface area contributed by atoms with Gasteiger partial charge in [0.2, 0.25) is 0 Å². The van der Waals surface area contributed by atoms with Crippen LogP contribution in [0.2, 0.25) is 0 Å². The van der Waals surface area contributed by atoms with E-state index >= 15 is 0 Å². The monoisotopic (exact) mass is 369 g/mol. The molecule has 1 heterocycles. The van der Waals surface area contributed by atoms with Gasteiger partial charge in [-0.3, -0.25) is 14.9 Å². The zero-order chi connectivity index (χ0) is 19.6. The lowest BCUT2D eigenvalue weighted by atomic mass is 10.0. The van der Waals surface area contributed by atoms with Crippen LogP contribution in [0, 0.1) is 15.9 Å². The number of nitrogens with zero attached hydrogens (tertiary/aromatic N) is 3. The van der Waals surface area contributed by atoms with Crippen LogP contribution in [0.15, 0.2) is 54.9 Å². The Balaban J connectivity index is 1.96. The molecule has 8 nitrogen and oxygen atoms in total. The fraction of sp³-hybridized carbons (Fsp3) is 0.111. The van der Waals surface area contributed by atoms with Crippen LogP contribution >= 0.6 is 0 Å². The number of aromatic nitrogens is 2. The molecule has 27 heavy (non-hydrogen) atoms. The van der Waals surface area contributed by atoms with Crippen molar-refractivity contribution < 1.29 is 14.1 Å². The summed E-state index contributed by atoms with van der Waals surface area (Å²) in [4.78, 5) is 27.3. The van der Waals surface area contributed by atoms with Crippen LogP contribution in [-0.2, 0) is 7.05 Å².